The van der Waals surface area contributed by atoms with Gasteiger partial charge >= 0.3 is 0 Å². The van der Waals surface area contributed by atoms with Crippen LogP contribution >= 0.6 is 0 Å². The first-order valence-electron chi connectivity index (χ1n) is 9.65. The van der Waals surface area contributed by atoms with E-state index in [4.69, 9.17) is 10.7 Å². The maximum Gasteiger partial charge on any atom is 0.240 e. The zero-order valence-electron chi connectivity index (χ0n) is 16.8. The van der Waals surface area contributed by atoms with E-state index in [2.05, 4.69) is 10.4 Å². The molecule has 0 aliphatic carbocycles. The van der Waals surface area contributed by atoms with Crippen molar-refractivity contribution in [3.05, 3.63) is 41.2 Å². The minimum Gasteiger partial charge on any atom is -0.368 e. The van der Waals surface area contributed by atoms with Crippen molar-refractivity contribution in [3.63, 3.8) is 0 Å². The number of carbonyl (C=O) groups is 2. The van der Waals surface area contributed by atoms with Gasteiger partial charge < -0.3 is 11.1 Å². The van der Waals surface area contributed by atoms with Gasteiger partial charge in [-0.1, -0.05) is 32.4 Å². The monoisotopic (exact) mass is 381 g/mol. The third-order valence-corrected chi connectivity index (χ3v) is 5.46. The Labute approximate surface area is 164 Å². The summed E-state index contributed by atoms with van der Waals surface area (Å²) in [5.74, 6) is -0.686. The Bertz CT molecular complexity index is 1040. The molecule has 0 bridgehead atoms. The van der Waals surface area contributed by atoms with Crippen molar-refractivity contribution in [2.75, 3.05) is 0 Å². The number of nitrogens with zero attached hydrogens (tertiary/aromatic N) is 3. The van der Waals surface area contributed by atoms with Crippen molar-refractivity contribution in [1.29, 1.82) is 0 Å². The molecule has 0 spiro atoms. The van der Waals surface area contributed by atoms with Crippen LogP contribution in [0.2, 0.25) is 0 Å². The van der Waals surface area contributed by atoms with Crippen LogP contribution in [0.5, 0.6) is 0 Å². The van der Waals surface area contributed by atoms with Gasteiger partial charge in [-0.3, -0.25) is 9.59 Å². The average Bonchev–Trinajstić information content (AvgIpc) is 3.04. The topological polar surface area (TPSA) is 102 Å². The summed E-state index contributed by atoms with van der Waals surface area (Å²) in [4.78, 5) is 28.8. The lowest BCUT2D eigenvalue weighted by molar-refractivity contribution is -0.128. The number of nitrogens with one attached hydrogen (secondary N) is 1. The molecule has 3 N–H and O–H groups in total. The van der Waals surface area contributed by atoms with E-state index in [1.807, 2.05) is 56.5 Å². The molecule has 3 aromatic rings. The third kappa shape index (κ3) is 3.69. The summed E-state index contributed by atoms with van der Waals surface area (Å²) in [5.41, 5.74) is 10.0. The normalized spacial score (nSPS) is 13.6. The number of carbonyl (C=O) groups excluding carboxylic acids is 2. The van der Waals surface area contributed by atoms with Crippen LogP contribution in [0.15, 0.2) is 24.3 Å². The largest absolute Gasteiger partial charge is 0.368 e. The van der Waals surface area contributed by atoms with E-state index in [0.29, 0.717) is 6.42 Å². The van der Waals surface area contributed by atoms with Gasteiger partial charge in [0.05, 0.1) is 5.52 Å². The molecule has 3 rings (SSSR count). The molecule has 7 nitrogen and oxygen atoms in total. The lowest BCUT2D eigenvalue weighted by Gasteiger charge is -2.21. The number of rotatable bonds is 7. The average molecular weight is 381 g/mol. The Balaban J connectivity index is 1.81. The first-order valence-corrected chi connectivity index (χ1v) is 9.65. The van der Waals surface area contributed by atoms with Gasteiger partial charge in [0.25, 0.3) is 0 Å². The quantitative estimate of drug-likeness (QED) is 0.656. The third-order valence-electron chi connectivity index (χ3n) is 5.46. The number of fused-ring (bicyclic) bond motifs is 3. The van der Waals surface area contributed by atoms with E-state index < -0.39 is 11.9 Å². The van der Waals surface area contributed by atoms with Crippen LogP contribution in [0.3, 0.4) is 0 Å². The van der Waals surface area contributed by atoms with Gasteiger partial charge in [-0.15, -0.1) is 0 Å². The molecule has 2 amide bonds. The summed E-state index contributed by atoms with van der Waals surface area (Å²) in [6.45, 7) is 7.82. The van der Waals surface area contributed by atoms with Crippen LogP contribution in [0, 0.1) is 19.8 Å². The lowest BCUT2D eigenvalue weighted by Crippen LogP contribution is -2.48. The van der Waals surface area contributed by atoms with E-state index in [-0.39, 0.29) is 18.2 Å². The van der Waals surface area contributed by atoms with Crippen molar-refractivity contribution in [3.8, 4) is 0 Å². The van der Waals surface area contributed by atoms with Crippen molar-refractivity contribution in [2.24, 2.45) is 11.7 Å². The molecule has 0 radical (unpaired) electrons. The number of hydrogen-bond donors (Lipinski definition) is 2. The maximum absolute atomic E-state index is 12.4. The molecule has 1 aromatic carbocycles. The number of hydrogen-bond acceptors (Lipinski definition) is 4. The fourth-order valence-corrected chi connectivity index (χ4v) is 3.55. The van der Waals surface area contributed by atoms with Gasteiger partial charge in [-0.05, 0) is 43.9 Å². The van der Waals surface area contributed by atoms with Gasteiger partial charge in [-0.25, -0.2) is 9.50 Å². The zero-order valence-corrected chi connectivity index (χ0v) is 16.8. The van der Waals surface area contributed by atoms with Crippen LogP contribution in [-0.4, -0.2) is 32.5 Å². The fourth-order valence-electron chi connectivity index (χ4n) is 3.55. The Morgan fingerprint density at radius 3 is 2.64 bits per heavy atom. The van der Waals surface area contributed by atoms with Crippen molar-refractivity contribution >= 4 is 28.4 Å². The van der Waals surface area contributed by atoms with E-state index in [9.17, 15) is 9.59 Å². The predicted octanol–water partition coefficient (Wildman–Crippen LogP) is 2.45. The SMILES string of the molecule is CCC(C)C(NC(=O)CCc1c(C)nc2c3ccccc3nn2c1C)C(N)=O. The second-order valence-electron chi connectivity index (χ2n) is 7.35. The zero-order chi connectivity index (χ0) is 20.4. The molecule has 2 heterocycles. The summed E-state index contributed by atoms with van der Waals surface area (Å²) in [7, 11) is 0. The van der Waals surface area contributed by atoms with Crippen molar-refractivity contribution < 1.29 is 9.59 Å². The Kier molecular flexibility index (Phi) is 5.63. The molecule has 0 aliphatic heterocycles. The van der Waals surface area contributed by atoms with E-state index in [1.54, 1.807) is 0 Å². The number of aryl methyl sites for hydroxylation is 2. The van der Waals surface area contributed by atoms with Crippen LogP contribution in [0.4, 0.5) is 0 Å². The molecule has 2 unspecified atom stereocenters. The second kappa shape index (κ2) is 7.96. The fraction of sp³-hybridized carbons (Fsp3) is 0.429. The molecular formula is C21H27N5O2. The van der Waals surface area contributed by atoms with E-state index >= 15 is 0 Å². The lowest BCUT2D eigenvalue weighted by atomic mass is 9.98. The minimum atomic E-state index is -0.642. The van der Waals surface area contributed by atoms with E-state index in [1.165, 1.54) is 0 Å². The highest BCUT2D eigenvalue weighted by molar-refractivity contribution is 5.92. The van der Waals surface area contributed by atoms with Crippen LogP contribution < -0.4 is 11.1 Å². The Hall–Kier alpha value is -2.96. The van der Waals surface area contributed by atoms with Gasteiger partial charge in [0, 0.05) is 23.2 Å². The summed E-state index contributed by atoms with van der Waals surface area (Å²) in [5, 5.41) is 8.43. The molecule has 2 atom stereocenters. The van der Waals surface area contributed by atoms with Crippen molar-refractivity contribution in [2.45, 2.75) is 53.0 Å². The smallest absolute Gasteiger partial charge is 0.240 e. The molecule has 0 saturated carbocycles. The standard InChI is InChI=1S/C21H27N5O2/c1-5-12(2)19(20(22)28)24-18(27)11-10-15-13(3)23-21-16-8-6-7-9-17(16)25-26(21)14(15)4/h6-9,12,19H,5,10-11H2,1-4H3,(H2,22,28)(H,24,27). The first-order chi connectivity index (χ1) is 13.3. The van der Waals surface area contributed by atoms with Gasteiger partial charge in [0.2, 0.25) is 11.8 Å². The summed E-state index contributed by atoms with van der Waals surface area (Å²) >= 11 is 0. The molecule has 28 heavy (non-hydrogen) atoms. The van der Waals surface area contributed by atoms with Crippen LogP contribution in [-0.2, 0) is 16.0 Å². The maximum atomic E-state index is 12.4. The second-order valence-corrected chi connectivity index (χ2v) is 7.35. The van der Waals surface area contributed by atoms with E-state index in [0.717, 1.165) is 39.9 Å². The number of aromatic nitrogens is 3. The highest BCUT2D eigenvalue weighted by atomic mass is 16.2. The number of benzene rings is 1. The summed E-state index contributed by atoms with van der Waals surface area (Å²) in [6.07, 6.45) is 1.55. The van der Waals surface area contributed by atoms with Gasteiger partial charge in [0.15, 0.2) is 5.65 Å². The number of nitrogens with two attached hydrogens (primary N) is 1. The molecule has 2 aromatic heterocycles. The Morgan fingerprint density at radius 2 is 1.96 bits per heavy atom. The highest BCUT2D eigenvalue weighted by Crippen LogP contribution is 2.23. The summed E-state index contributed by atoms with van der Waals surface area (Å²) in [6, 6.07) is 7.26. The summed E-state index contributed by atoms with van der Waals surface area (Å²) < 4.78 is 1.84. The highest BCUT2D eigenvalue weighted by Gasteiger charge is 2.23. The molecule has 7 heteroatoms. The van der Waals surface area contributed by atoms with Crippen LogP contribution in [0.1, 0.15) is 43.6 Å². The molecule has 0 saturated heterocycles. The molecule has 148 valence electrons. The molecular weight excluding hydrogens is 354 g/mol. The molecule has 0 fully saturated rings. The van der Waals surface area contributed by atoms with Gasteiger partial charge in [-0.2, -0.15) is 5.10 Å². The minimum absolute atomic E-state index is 0.000516. The van der Waals surface area contributed by atoms with Crippen molar-refractivity contribution in [1.82, 2.24) is 19.9 Å². The van der Waals surface area contributed by atoms with Gasteiger partial charge in [0.1, 0.15) is 6.04 Å². The Morgan fingerprint density at radius 1 is 1.25 bits per heavy atom. The number of primary amides is 1. The number of amides is 2. The predicted molar refractivity (Wildman–Crippen MR) is 109 cm³/mol. The first kappa shape index (κ1) is 19.8. The van der Waals surface area contributed by atoms with Crippen LogP contribution in [0.25, 0.3) is 16.6 Å². The molecule has 0 aliphatic rings.